The van der Waals surface area contributed by atoms with Crippen molar-refractivity contribution in [3.63, 3.8) is 0 Å². The molecule has 1 aliphatic carbocycles. The molecule has 1 heteroatoms. The zero-order chi connectivity index (χ0) is 8.97. The molecule has 72 valence electrons. The van der Waals surface area contributed by atoms with Crippen LogP contribution in [0.5, 0.6) is 0 Å². The third-order valence-electron chi connectivity index (χ3n) is 2.97. The summed E-state index contributed by atoms with van der Waals surface area (Å²) in [4.78, 5) is 0. The van der Waals surface area contributed by atoms with Gasteiger partial charge in [0.15, 0.2) is 0 Å². The van der Waals surface area contributed by atoms with Crippen LogP contribution in [0.1, 0.15) is 40.0 Å². The minimum Gasteiger partial charge on any atom is -0.316 e. The second-order valence-corrected chi connectivity index (χ2v) is 4.72. The Kier molecular flexibility index (Phi) is 4.07. The Balaban J connectivity index is 1.98. The molecule has 0 aliphatic heterocycles. The van der Waals surface area contributed by atoms with Gasteiger partial charge in [0.2, 0.25) is 0 Å². The SMILES string of the molecule is CC(C)CNCC(C)C1CCC1. The van der Waals surface area contributed by atoms with Gasteiger partial charge in [0.25, 0.3) is 0 Å². The average molecular weight is 169 g/mol. The molecule has 0 aromatic rings. The quantitative estimate of drug-likeness (QED) is 0.667. The maximum atomic E-state index is 3.53. The fourth-order valence-corrected chi connectivity index (χ4v) is 1.78. The summed E-state index contributed by atoms with van der Waals surface area (Å²) < 4.78 is 0. The van der Waals surface area contributed by atoms with Crippen LogP contribution < -0.4 is 5.32 Å². The molecule has 0 bridgehead atoms. The van der Waals surface area contributed by atoms with Crippen molar-refractivity contribution >= 4 is 0 Å². The van der Waals surface area contributed by atoms with Crippen molar-refractivity contribution in [3.8, 4) is 0 Å². The molecule has 0 amide bonds. The van der Waals surface area contributed by atoms with Gasteiger partial charge in [0.05, 0.1) is 0 Å². The number of hydrogen-bond donors (Lipinski definition) is 1. The maximum Gasteiger partial charge on any atom is -0.00204 e. The lowest BCUT2D eigenvalue weighted by atomic mass is 9.77. The molecular weight excluding hydrogens is 146 g/mol. The smallest absolute Gasteiger partial charge is 0.00204 e. The van der Waals surface area contributed by atoms with Gasteiger partial charge >= 0.3 is 0 Å². The summed E-state index contributed by atoms with van der Waals surface area (Å²) in [6.07, 6.45) is 4.42. The van der Waals surface area contributed by atoms with Gasteiger partial charge in [-0.2, -0.15) is 0 Å². The Labute approximate surface area is 76.9 Å². The second kappa shape index (κ2) is 4.86. The van der Waals surface area contributed by atoms with Gasteiger partial charge in [-0.25, -0.2) is 0 Å². The molecule has 12 heavy (non-hydrogen) atoms. The summed E-state index contributed by atoms with van der Waals surface area (Å²) in [5.41, 5.74) is 0. The summed E-state index contributed by atoms with van der Waals surface area (Å²) in [5, 5.41) is 3.53. The third kappa shape index (κ3) is 3.14. The monoisotopic (exact) mass is 169 g/mol. The molecule has 1 nitrogen and oxygen atoms in total. The van der Waals surface area contributed by atoms with Crippen LogP contribution in [-0.4, -0.2) is 13.1 Å². The zero-order valence-corrected chi connectivity index (χ0v) is 8.77. The Morgan fingerprint density at radius 2 is 1.83 bits per heavy atom. The van der Waals surface area contributed by atoms with E-state index in [0.717, 1.165) is 17.8 Å². The minimum absolute atomic E-state index is 0.790. The minimum atomic E-state index is 0.790. The van der Waals surface area contributed by atoms with Gasteiger partial charge < -0.3 is 5.32 Å². The van der Waals surface area contributed by atoms with E-state index in [4.69, 9.17) is 0 Å². The van der Waals surface area contributed by atoms with E-state index in [0.29, 0.717) is 0 Å². The fraction of sp³-hybridized carbons (Fsp3) is 1.00. The van der Waals surface area contributed by atoms with Crippen LogP contribution in [0.4, 0.5) is 0 Å². The fourth-order valence-electron chi connectivity index (χ4n) is 1.78. The predicted molar refractivity (Wildman–Crippen MR) is 54.2 cm³/mol. The molecule has 0 aromatic carbocycles. The Bertz CT molecular complexity index is 116. The lowest BCUT2D eigenvalue weighted by Gasteiger charge is -2.31. The van der Waals surface area contributed by atoms with Crippen LogP contribution in [0.3, 0.4) is 0 Å². The van der Waals surface area contributed by atoms with Gasteiger partial charge in [-0.05, 0) is 30.8 Å². The van der Waals surface area contributed by atoms with Gasteiger partial charge in [-0.1, -0.05) is 40.0 Å². The van der Waals surface area contributed by atoms with Gasteiger partial charge in [-0.15, -0.1) is 0 Å². The maximum absolute atomic E-state index is 3.53. The van der Waals surface area contributed by atoms with E-state index < -0.39 is 0 Å². The molecular formula is C11H23N. The molecule has 1 atom stereocenters. The Hall–Kier alpha value is -0.0400. The van der Waals surface area contributed by atoms with E-state index in [1.54, 1.807) is 0 Å². The summed E-state index contributed by atoms with van der Waals surface area (Å²) in [6, 6.07) is 0. The molecule has 0 spiro atoms. The van der Waals surface area contributed by atoms with Crippen LogP contribution in [0.2, 0.25) is 0 Å². The van der Waals surface area contributed by atoms with Crippen LogP contribution >= 0.6 is 0 Å². The van der Waals surface area contributed by atoms with Crippen molar-refractivity contribution < 1.29 is 0 Å². The van der Waals surface area contributed by atoms with E-state index >= 15 is 0 Å². The van der Waals surface area contributed by atoms with Gasteiger partial charge in [0, 0.05) is 0 Å². The molecule has 0 heterocycles. The number of rotatable bonds is 5. The molecule has 0 saturated heterocycles. The first kappa shape index (κ1) is 10.0. The van der Waals surface area contributed by atoms with E-state index in [2.05, 4.69) is 26.1 Å². The lowest BCUT2D eigenvalue weighted by Crippen LogP contribution is -2.31. The first-order valence-electron chi connectivity index (χ1n) is 5.41. The van der Waals surface area contributed by atoms with Crippen molar-refractivity contribution in [1.29, 1.82) is 0 Å². The molecule has 1 saturated carbocycles. The van der Waals surface area contributed by atoms with E-state index in [-0.39, 0.29) is 0 Å². The summed E-state index contributed by atoms with van der Waals surface area (Å²) in [7, 11) is 0. The molecule has 1 unspecified atom stereocenters. The second-order valence-electron chi connectivity index (χ2n) is 4.72. The first-order chi connectivity index (χ1) is 5.70. The highest BCUT2D eigenvalue weighted by Crippen LogP contribution is 2.32. The number of hydrogen-bond acceptors (Lipinski definition) is 1. The van der Waals surface area contributed by atoms with Crippen molar-refractivity contribution in [1.82, 2.24) is 5.32 Å². The normalized spacial score (nSPS) is 21.0. The highest BCUT2D eigenvalue weighted by molar-refractivity contribution is 4.76. The Morgan fingerprint density at radius 1 is 1.17 bits per heavy atom. The molecule has 1 N–H and O–H groups in total. The van der Waals surface area contributed by atoms with Crippen LogP contribution in [0, 0.1) is 17.8 Å². The summed E-state index contributed by atoms with van der Waals surface area (Å²) in [6.45, 7) is 9.32. The van der Waals surface area contributed by atoms with Crippen LogP contribution in [0.25, 0.3) is 0 Å². The van der Waals surface area contributed by atoms with E-state index in [9.17, 15) is 0 Å². The first-order valence-corrected chi connectivity index (χ1v) is 5.41. The van der Waals surface area contributed by atoms with Gasteiger partial charge in [0.1, 0.15) is 0 Å². The number of nitrogens with one attached hydrogen (secondary N) is 1. The summed E-state index contributed by atoms with van der Waals surface area (Å²) in [5.74, 6) is 2.72. The highest BCUT2D eigenvalue weighted by Gasteiger charge is 2.23. The molecule has 0 radical (unpaired) electrons. The predicted octanol–water partition coefficient (Wildman–Crippen LogP) is 2.67. The van der Waals surface area contributed by atoms with Crippen molar-refractivity contribution in [2.45, 2.75) is 40.0 Å². The molecule has 1 rings (SSSR count). The largest absolute Gasteiger partial charge is 0.316 e. The van der Waals surface area contributed by atoms with Crippen LogP contribution in [0.15, 0.2) is 0 Å². The zero-order valence-electron chi connectivity index (χ0n) is 8.77. The van der Waals surface area contributed by atoms with Crippen molar-refractivity contribution in [2.75, 3.05) is 13.1 Å². The topological polar surface area (TPSA) is 12.0 Å². The van der Waals surface area contributed by atoms with Gasteiger partial charge in [-0.3, -0.25) is 0 Å². The summed E-state index contributed by atoms with van der Waals surface area (Å²) >= 11 is 0. The van der Waals surface area contributed by atoms with Crippen molar-refractivity contribution in [3.05, 3.63) is 0 Å². The van der Waals surface area contributed by atoms with E-state index in [1.807, 2.05) is 0 Å². The third-order valence-corrected chi connectivity index (χ3v) is 2.97. The van der Waals surface area contributed by atoms with E-state index in [1.165, 1.54) is 32.4 Å². The molecule has 0 aromatic heterocycles. The van der Waals surface area contributed by atoms with Crippen LogP contribution in [-0.2, 0) is 0 Å². The molecule has 1 aliphatic rings. The standard InChI is InChI=1S/C11H23N/c1-9(2)7-12-8-10(3)11-5-4-6-11/h9-12H,4-8H2,1-3H3. The average Bonchev–Trinajstić information content (AvgIpc) is 1.81. The van der Waals surface area contributed by atoms with Crippen molar-refractivity contribution in [2.24, 2.45) is 17.8 Å². The highest BCUT2D eigenvalue weighted by atomic mass is 14.9. The molecule has 1 fully saturated rings. The lowest BCUT2D eigenvalue weighted by molar-refractivity contribution is 0.214. The Morgan fingerprint density at radius 3 is 2.25 bits per heavy atom.